The van der Waals surface area contributed by atoms with E-state index >= 15 is 0 Å². The second-order valence-corrected chi connectivity index (χ2v) is 10.3. The smallest absolute Gasteiger partial charge is 0.132 e. The summed E-state index contributed by atoms with van der Waals surface area (Å²) in [6, 6.07) is 6.40. The summed E-state index contributed by atoms with van der Waals surface area (Å²) < 4.78 is 0. The van der Waals surface area contributed by atoms with E-state index in [-0.39, 0.29) is 10.8 Å². The zero-order valence-electron chi connectivity index (χ0n) is 18.0. The Bertz CT molecular complexity index is 738. The average Bonchev–Trinajstić information content (AvgIpc) is 3.19. The first-order valence-corrected chi connectivity index (χ1v) is 11.4. The zero-order chi connectivity index (χ0) is 19.9. The minimum atomic E-state index is 0.0161. The van der Waals surface area contributed by atoms with E-state index < -0.39 is 0 Å². The van der Waals surface area contributed by atoms with E-state index in [9.17, 15) is 9.90 Å². The van der Waals surface area contributed by atoms with Crippen molar-refractivity contribution in [1.29, 1.82) is 0 Å². The maximum Gasteiger partial charge on any atom is 0.132 e. The highest BCUT2D eigenvalue weighted by molar-refractivity contribution is 5.78. The van der Waals surface area contributed by atoms with E-state index in [0.717, 1.165) is 44.6 Å². The molecule has 0 unspecified atom stereocenters. The van der Waals surface area contributed by atoms with Gasteiger partial charge in [-0.1, -0.05) is 45.6 Å². The molecule has 0 spiro atoms. The Morgan fingerprint density at radius 1 is 1.21 bits per heavy atom. The number of hydrogen-bond donors (Lipinski definition) is 1. The lowest BCUT2D eigenvalue weighted by Gasteiger charge is -2.62. The molecule has 2 bridgehead atoms. The number of hydrogen-bond acceptors (Lipinski definition) is 3. The molecular weight excluding hydrogens is 346 g/mol. The van der Waals surface area contributed by atoms with Gasteiger partial charge in [0.1, 0.15) is 11.5 Å². The van der Waals surface area contributed by atoms with Gasteiger partial charge in [0.05, 0.1) is 0 Å². The summed E-state index contributed by atoms with van der Waals surface area (Å²) in [7, 11) is 2.25. The van der Waals surface area contributed by atoms with Crippen molar-refractivity contribution < 1.29 is 9.90 Å². The standard InChI is InChI=1S/C25H37NO2/c1-24-14-15-26(3)23(16-19-9-11-21(28)17-22(19)24)25(24,2)13-12-20(27)10-8-18-6-4-5-7-18/h9,11,17-18,23,28H,4-8,10,12-16H2,1-3H3/t23-,24-,25-/m1/s1. The van der Waals surface area contributed by atoms with Gasteiger partial charge in [-0.2, -0.15) is 0 Å². The number of ketones is 1. The van der Waals surface area contributed by atoms with Crippen molar-refractivity contribution in [2.24, 2.45) is 11.3 Å². The lowest BCUT2D eigenvalue weighted by molar-refractivity contribution is -0.121. The Hall–Kier alpha value is -1.35. The summed E-state index contributed by atoms with van der Waals surface area (Å²) in [4.78, 5) is 15.3. The number of aromatic hydroxyl groups is 1. The van der Waals surface area contributed by atoms with Crippen molar-refractivity contribution in [2.45, 2.75) is 89.5 Å². The molecule has 28 heavy (non-hydrogen) atoms. The number of likely N-dealkylation sites (N-methyl/N-ethyl adjacent to an activating group) is 1. The number of benzene rings is 1. The third-order valence-electron chi connectivity index (χ3n) is 8.82. The van der Waals surface area contributed by atoms with E-state index in [0.29, 0.717) is 24.0 Å². The first kappa shape index (κ1) is 19.9. The molecule has 3 nitrogen and oxygen atoms in total. The molecule has 1 aromatic rings. The predicted octanol–water partition coefficient (Wildman–Crippen LogP) is 5.24. The second kappa shape index (κ2) is 7.48. The second-order valence-electron chi connectivity index (χ2n) is 10.3. The van der Waals surface area contributed by atoms with Gasteiger partial charge in [-0.05, 0) is 73.9 Å². The molecule has 0 amide bonds. The largest absolute Gasteiger partial charge is 0.508 e. The van der Waals surface area contributed by atoms with Crippen molar-refractivity contribution in [2.75, 3.05) is 13.6 Å². The summed E-state index contributed by atoms with van der Waals surface area (Å²) in [5, 5.41) is 10.1. The van der Waals surface area contributed by atoms with Crippen molar-refractivity contribution in [3.05, 3.63) is 29.3 Å². The van der Waals surface area contributed by atoms with Crippen LogP contribution in [0.3, 0.4) is 0 Å². The van der Waals surface area contributed by atoms with Crippen molar-refractivity contribution in [3.8, 4) is 5.75 Å². The van der Waals surface area contributed by atoms with Crippen molar-refractivity contribution in [3.63, 3.8) is 0 Å². The quantitative estimate of drug-likeness (QED) is 0.731. The van der Waals surface area contributed by atoms with Gasteiger partial charge in [0.2, 0.25) is 0 Å². The van der Waals surface area contributed by atoms with Crippen LogP contribution < -0.4 is 0 Å². The van der Waals surface area contributed by atoms with Crippen LogP contribution in [0.2, 0.25) is 0 Å². The number of carbonyl (C=O) groups excluding carboxylic acids is 1. The number of phenolic OH excluding ortho intramolecular Hbond substituents is 1. The van der Waals surface area contributed by atoms with Crippen molar-refractivity contribution in [1.82, 2.24) is 4.90 Å². The Balaban J connectivity index is 1.52. The molecule has 3 atom stereocenters. The van der Waals surface area contributed by atoms with Crippen molar-refractivity contribution >= 4 is 5.78 Å². The first-order chi connectivity index (χ1) is 13.3. The fourth-order valence-corrected chi connectivity index (χ4v) is 6.61. The molecule has 2 aliphatic carbocycles. The fourth-order valence-electron chi connectivity index (χ4n) is 6.61. The predicted molar refractivity (Wildman–Crippen MR) is 114 cm³/mol. The van der Waals surface area contributed by atoms with Crippen LogP contribution in [0, 0.1) is 11.3 Å². The Kier molecular flexibility index (Phi) is 5.33. The molecule has 2 fully saturated rings. The van der Waals surface area contributed by atoms with Crippen LogP contribution >= 0.6 is 0 Å². The average molecular weight is 384 g/mol. The van der Waals surface area contributed by atoms with Gasteiger partial charge in [0.25, 0.3) is 0 Å². The number of carbonyl (C=O) groups is 1. The Morgan fingerprint density at radius 2 is 1.96 bits per heavy atom. The summed E-state index contributed by atoms with van der Waals surface area (Å²) in [5.41, 5.74) is 2.77. The molecule has 0 aromatic heterocycles. The van der Waals surface area contributed by atoms with Gasteiger partial charge >= 0.3 is 0 Å². The molecule has 3 heteroatoms. The molecule has 3 aliphatic rings. The van der Waals surface area contributed by atoms with E-state index in [2.05, 4.69) is 31.9 Å². The monoisotopic (exact) mass is 383 g/mol. The lowest BCUT2D eigenvalue weighted by atomic mass is 9.49. The van der Waals surface area contributed by atoms with Crippen LogP contribution in [0.5, 0.6) is 5.75 Å². The van der Waals surface area contributed by atoms with Crippen LogP contribution in [0.25, 0.3) is 0 Å². The number of Topliss-reactive ketones (excluding diaryl/α,β-unsaturated/α-hetero) is 1. The van der Waals surface area contributed by atoms with E-state index in [4.69, 9.17) is 0 Å². The van der Waals surface area contributed by atoms with Gasteiger partial charge in [-0.15, -0.1) is 0 Å². The number of phenols is 1. The van der Waals surface area contributed by atoms with E-state index in [1.165, 1.54) is 36.8 Å². The first-order valence-electron chi connectivity index (χ1n) is 11.4. The van der Waals surface area contributed by atoms with Gasteiger partial charge in [-0.3, -0.25) is 4.79 Å². The van der Waals surface area contributed by atoms with Gasteiger partial charge in [0.15, 0.2) is 0 Å². The fraction of sp³-hybridized carbons (Fsp3) is 0.720. The molecule has 154 valence electrons. The molecule has 0 radical (unpaired) electrons. The maximum absolute atomic E-state index is 12.7. The third-order valence-corrected chi connectivity index (χ3v) is 8.82. The number of piperidine rings is 1. The molecule has 4 rings (SSSR count). The SMILES string of the molecule is CN1CC[C@]2(C)c3cc(O)ccc3C[C@@H]1[C@@]2(C)CCC(=O)CCC1CCCC1. The highest BCUT2D eigenvalue weighted by atomic mass is 16.3. The zero-order valence-corrected chi connectivity index (χ0v) is 18.0. The molecule has 1 saturated heterocycles. The van der Waals surface area contributed by atoms with Gasteiger partial charge in [-0.25, -0.2) is 0 Å². The van der Waals surface area contributed by atoms with Crippen LogP contribution in [0.1, 0.15) is 82.8 Å². The number of fused-ring (bicyclic) bond motifs is 4. The highest BCUT2D eigenvalue weighted by Crippen LogP contribution is 2.58. The molecule has 1 aliphatic heterocycles. The minimum Gasteiger partial charge on any atom is -0.508 e. The molecular formula is C25H37NO2. The molecule has 1 saturated carbocycles. The lowest BCUT2D eigenvalue weighted by Crippen LogP contribution is -2.64. The summed E-state index contributed by atoms with van der Waals surface area (Å²) in [6.45, 7) is 5.87. The molecule has 1 aromatic carbocycles. The van der Waals surface area contributed by atoms with Gasteiger partial charge < -0.3 is 10.0 Å². The molecule has 1 heterocycles. The van der Waals surface area contributed by atoms with E-state index in [1.54, 1.807) is 0 Å². The van der Waals surface area contributed by atoms with Crippen LogP contribution in [0.15, 0.2) is 18.2 Å². The number of likely N-dealkylation sites (tertiary alicyclic amines) is 1. The number of rotatable bonds is 6. The Morgan fingerprint density at radius 3 is 2.71 bits per heavy atom. The van der Waals surface area contributed by atoms with Crippen LogP contribution in [-0.4, -0.2) is 35.4 Å². The third kappa shape index (κ3) is 3.30. The number of nitrogens with zero attached hydrogens (tertiary/aromatic N) is 1. The molecule has 1 N–H and O–H groups in total. The van der Waals surface area contributed by atoms with Crippen LogP contribution in [0.4, 0.5) is 0 Å². The summed E-state index contributed by atoms with van der Waals surface area (Å²) in [6.07, 6.45) is 11.0. The highest BCUT2D eigenvalue weighted by Gasteiger charge is 2.57. The van der Waals surface area contributed by atoms with Gasteiger partial charge in [0, 0.05) is 24.3 Å². The normalized spacial score (nSPS) is 33.0. The summed E-state index contributed by atoms with van der Waals surface area (Å²) in [5.74, 6) is 1.62. The minimum absolute atomic E-state index is 0.0161. The van der Waals surface area contributed by atoms with E-state index in [1.807, 2.05) is 12.1 Å². The topological polar surface area (TPSA) is 40.5 Å². The Labute approximate surface area is 170 Å². The summed E-state index contributed by atoms with van der Waals surface area (Å²) >= 11 is 0. The maximum atomic E-state index is 12.7. The van der Waals surface area contributed by atoms with Crippen LogP contribution in [-0.2, 0) is 16.6 Å².